The van der Waals surface area contributed by atoms with E-state index in [0.717, 1.165) is 17.0 Å². The number of hydrogen-bond acceptors (Lipinski definition) is 5. The molecule has 0 aromatic heterocycles. The molecule has 1 aliphatic rings. The molecule has 0 bridgehead atoms. The molecule has 0 unspecified atom stereocenters. The Kier molecular flexibility index (Phi) is 4.81. The average molecular weight is 351 g/mol. The highest BCUT2D eigenvalue weighted by molar-refractivity contribution is 6.34. The quantitative estimate of drug-likeness (QED) is 0.793. The number of amides is 2. The lowest BCUT2D eigenvalue weighted by molar-refractivity contribution is -0.274. The first-order chi connectivity index (χ1) is 10.7. The third-order valence-corrected chi connectivity index (χ3v) is 3.11. The second kappa shape index (κ2) is 6.47. The summed E-state index contributed by atoms with van der Waals surface area (Å²) < 4.78 is 41.0. The number of aliphatic hydroxyl groups excluding tert-OH is 1. The van der Waals surface area contributed by atoms with Crippen molar-refractivity contribution in [3.05, 3.63) is 35.0 Å². The summed E-state index contributed by atoms with van der Waals surface area (Å²) in [4.78, 5) is 24.3. The molecule has 0 atom stereocenters. The number of carbonyl (C=O) groups is 2. The number of para-hydroxylation sites is 1. The van der Waals surface area contributed by atoms with Crippen LogP contribution < -0.4 is 10.1 Å². The van der Waals surface area contributed by atoms with Crippen LogP contribution in [0.4, 0.5) is 18.9 Å². The number of halogens is 4. The van der Waals surface area contributed by atoms with Gasteiger partial charge in [0.05, 0.1) is 18.2 Å². The summed E-state index contributed by atoms with van der Waals surface area (Å²) in [6, 6.07) is 3.54. The summed E-state index contributed by atoms with van der Waals surface area (Å²) >= 11 is 5.83. The maximum absolute atomic E-state index is 12.4. The molecule has 1 aromatic carbocycles. The number of carbonyl (C=O) groups excluding carboxylic acids is 2. The second-order valence-electron chi connectivity index (χ2n) is 4.36. The third-order valence-electron chi connectivity index (χ3n) is 2.79. The summed E-state index contributed by atoms with van der Waals surface area (Å²) in [5, 5.41) is 11.0. The van der Waals surface area contributed by atoms with Crippen molar-refractivity contribution in [1.82, 2.24) is 4.90 Å². The van der Waals surface area contributed by atoms with Crippen LogP contribution >= 0.6 is 11.6 Å². The van der Waals surface area contributed by atoms with Gasteiger partial charge in [0.2, 0.25) is 0 Å². The molecule has 2 rings (SSSR count). The average Bonchev–Trinajstić information content (AvgIpc) is 2.69. The number of anilines is 1. The molecule has 1 aliphatic heterocycles. The van der Waals surface area contributed by atoms with Crippen molar-refractivity contribution in [1.29, 1.82) is 0 Å². The van der Waals surface area contributed by atoms with Crippen LogP contribution in [0.25, 0.3) is 0 Å². The molecular formula is C13H10ClF3N2O4. The van der Waals surface area contributed by atoms with Gasteiger partial charge in [0, 0.05) is 6.08 Å². The minimum Gasteiger partial charge on any atom is -0.404 e. The Labute approximate surface area is 133 Å². The number of hydrogen-bond donors (Lipinski definition) is 2. The lowest BCUT2D eigenvalue weighted by atomic mass is 10.2. The van der Waals surface area contributed by atoms with Gasteiger partial charge in [0.15, 0.2) is 5.75 Å². The monoisotopic (exact) mass is 350 g/mol. The Morgan fingerprint density at radius 2 is 2.00 bits per heavy atom. The van der Waals surface area contributed by atoms with Crippen molar-refractivity contribution >= 4 is 29.1 Å². The number of nitrogens with one attached hydrogen (secondary N) is 1. The molecule has 0 saturated carbocycles. The van der Waals surface area contributed by atoms with E-state index >= 15 is 0 Å². The van der Waals surface area contributed by atoms with Gasteiger partial charge < -0.3 is 15.2 Å². The first kappa shape index (κ1) is 17.1. The molecule has 23 heavy (non-hydrogen) atoms. The van der Waals surface area contributed by atoms with Crippen LogP contribution in [0.1, 0.15) is 0 Å². The number of imide groups is 1. The van der Waals surface area contributed by atoms with Crippen LogP contribution in [0.2, 0.25) is 5.02 Å². The molecule has 0 aliphatic carbocycles. The summed E-state index contributed by atoms with van der Waals surface area (Å²) in [5.74, 6) is -2.13. The van der Waals surface area contributed by atoms with Gasteiger partial charge in [-0.3, -0.25) is 14.5 Å². The maximum Gasteiger partial charge on any atom is 0.573 e. The largest absolute Gasteiger partial charge is 0.573 e. The molecule has 2 N–H and O–H groups in total. The van der Waals surface area contributed by atoms with Crippen LogP contribution in [0.15, 0.2) is 30.0 Å². The Morgan fingerprint density at radius 3 is 2.61 bits per heavy atom. The van der Waals surface area contributed by atoms with Gasteiger partial charge in [-0.2, -0.15) is 0 Å². The summed E-state index contributed by atoms with van der Waals surface area (Å²) in [7, 11) is 0. The smallest absolute Gasteiger partial charge is 0.404 e. The third kappa shape index (κ3) is 3.93. The van der Waals surface area contributed by atoms with E-state index in [1.807, 2.05) is 0 Å². The molecule has 0 saturated heterocycles. The number of alkyl halides is 3. The highest BCUT2D eigenvalue weighted by atomic mass is 35.5. The summed E-state index contributed by atoms with van der Waals surface area (Å²) in [5.41, 5.74) is -0.576. The topological polar surface area (TPSA) is 78.9 Å². The molecule has 1 aromatic rings. The standard InChI is InChI=1S/C13H10ClF3N2O4/c14-7-2-1-3-9(23-13(15,16)17)11(7)18-8-6-10(21)19(4-5-20)12(8)22/h1-3,6,18,20H,4-5H2. The molecule has 0 radical (unpaired) electrons. The zero-order chi connectivity index (χ0) is 17.2. The number of nitrogens with zero attached hydrogens (tertiary/aromatic N) is 1. The van der Waals surface area contributed by atoms with E-state index in [0.29, 0.717) is 0 Å². The van der Waals surface area contributed by atoms with Gasteiger partial charge in [-0.15, -0.1) is 13.2 Å². The fourth-order valence-corrected chi connectivity index (χ4v) is 2.09. The Balaban J connectivity index is 2.29. The van der Waals surface area contributed by atoms with Gasteiger partial charge in [-0.1, -0.05) is 17.7 Å². The molecule has 124 valence electrons. The van der Waals surface area contributed by atoms with Crippen LogP contribution in [0, 0.1) is 0 Å². The van der Waals surface area contributed by atoms with Gasteiger partial charge in [0.25, 0.3) is 11.8 Å². The van der Waals surface area contributed by atoms with Crippen molar-refractivity contribution < 1.29 is 32.6 Å². The van der Waals surface area contributed by atoms with Crippen LogP contribution in [0.5, 0.6) is 5.75 Å². The predicted molar refractivity (Wildman–Crippen MR) is 73.6 cm³/mol. The highest BCUT2D eigenvalue weighted by Crippen LogP contribution is 2.37. The summed E-state index contributed by atoms with van der Waals surface area (Å²) in [6.07, 6.45) is -4.05. The molecule has 6 nitrogen and oxygen atoms in total. The number of rotatable bonds is 5. The van der Waals surface area contributed by atoms with Crippen molar-refractivity contribution in [3.63, 3.8) is 0 Å². The number of ether oxygens (including phenoxy) is 1. The fraction of sp³-hybridized carbons (Fsp3) is 0.231. The molecule has 10 heteroatoms. The van der Waals surface area contributed by atoms with E-state index in [-0.39, 0.29) is 23.0 Å². The lowest BCUT2D eigenvalue weighted by Gasteiger charge is -2.17. The number of aliphatic hydroxyl groups is 1. The molecular weight excluding hydrogens is 341 g/mol. The second-order valence-corrected chi connectivity index (χ2v) is 4.77. The van der Waals surface area contributed by atoms with E-state index in [2.05, 4.69) is 10.1 Å². The van der Waals surface area contributed by atoms with Crippen molar-refractivity contribution in [2.45, 2.75) is 6.36 Å². The lowest BCUT2D eigenvalue weighted by Crippen LogP contribution is -2.34. The van der Waals surface area contributed by atoms with Gasteiger partial charge in [0.1, 0.15) is 11.4 Å². The van der Waals surface area contributed by atoms with E-state index < -0.39 is 30.5 Å². The normalized spacial score (nSPS) is 15.0. The van der Waals surface area contributed by atoms with Gasteiger partial charge >= 0.3 is 6.36 Å². The predicted octanol–water partition coefficient (Wildman–Crippen LogP) is 1.90. The first-order valence-corrected chi connectivity index (χ1v) is 6.60. The van der Waals surface area contributed by atoms with E-state index in [4.69, 9.17) is 16.7 Å². The minimum atomic E-state index is -4.95. The summed E-state index contributed by atoms with van der Waals surface area (Å²) in [6.45, 7) is -0.666. The Bertz CT molecular complexity index is 676. The van der Waals surface area contributed by atoms with Gasteiger partial charge in [-0.25, -0.2) is 0 Å². The van der Waals surface area contributed by atoms with Crippen molar-refractivity contribution in [2.24, 2.45) is 0 Å². The Morgan fingerprint density at radius 1 is 1.30 bits per heavy atom. The number of benzene rings is 1. The van der Waals surface area contributed by atoms with E-state index in [1.54, 1.807) is 0 Å². The maximum atomic E-state index is 12.4. The number of β-amino-alcohol motifs (C(OH)–C–C–N with tert-alkyl or cyclic N) is 1. The fourth-order valence-electron chi connectivity index (χ4n) is 1.88. The molecule has 1 heterocycles. The van der Waals surface area contributed by atoms with Crippen molar-refractivity contribution in [3.8, 4) is 5.75 Å². The molecule has 2 amide bonds. The van der Waals surface area contributed by atoms with Gasteiger partial charge in [-0.05, 0) is 12.1 Å². The van der Waals surface area contributed by atoms with E-state index in [9.17, 15) is 22.8 Å². The van der Waals surface area contributed by atoms with Crippen molar-refractivity contribution in [2.75, 3.05) is 18.5 Å². The highest BCUT2D eigenvalue weighted by Gasteiger charge is 2.34. The van der Waals surface area contributed by atoms with E-state index in [1.165, 1.54) is 12.1 Å². The minimum absolute atomic E-state index is 0.131. The van der Waals surface area contributed by atoms with Crippen LogP contribution in [-0.4, -0.2) is 41.3 Å². The van der Waals surface area contributed by atoms with Crippen LogP contribution in [-0.2, 0) is 9.59 Å². The zero-order valence-electron chi connectivity index (χ0n) is 11.4. The Hall–Kier alpha value is -2.26. The molecule has 0 spiro atoms. The molecule has 0 fully saturated rings. The zero-order valence-corrected chi connectivity index (χ0v) is 12.1. The SMILES string of the molecule is O=C1C=C(Nc2c(Cl)cccc2OC(F)(F)F)C(=O)N1CCO. The first-order valence-electron chi connectivity index (χ1n) is 6.22. The van der Waals surface area contributed by atoms with Crippen LogP contribution in [0.3, 0.4) is 0 Å².